The lowest BCUT2D eigenvalue weighted by Crippen LogP contribution is -2.11. The van der Waals surface area contributed by atoms with Crippen molar-refractivity contribution in [2.24, 2.45) is 5.84 Å². The van der Waals surface area contributed by atoms with Crippen LogP contribution in [0.3, 0.4) is 0 Å². The van der Waals surface area contributed by atoms with Crippen molar-refractivity contribution in [3.63, 3.8) is 0 Å². The summed E-state index contributed by atoms with van der Waals surface area (Å²) in [6.07, 6.45) is 0.825. The Morgan fingerprint density at radius 3 is 2.84 bits per heavy atom. The Morgan fingerprint density at radius 1 is 1.37 bits per heavy atom. The summed E-state index contributed by atoms with van der Waals surface area (Å²) >= 11 is 2.80. The summed E-state index contributed by atoms with van der Waals surface area (Å²) in [5.41, 5.74) is 2.52. The van der Waals surface area contributed by atoms with Crippen LogP contribution in [-0.2, 0) is 17.8 Å². The number of nitrogen functional groups attached to an aromatic ring is 1. The van der Waals surface area contributed by atoms with Gasteiger partial charge in [-0.25, -0.2) is 20.8 Å². The Bertz CT molecular complexity index is 547. The third kappa shape index (κ3) is 3.83. The Morgan fingerprint density at radius 2 is 2.21 bits per heavy atom. The fourth-order valence-corrected chi connectivity index (χ4v) is 2.97. The first kappa shape index (κ1) is 14.1. The summed E-state index contributed by atoms with van der Waals surface area (Å²) in [4.78, 5) is 12.9. The number of hydrogen-bond acceptors (Lipinski definition) is 9. The molecule has 0 aliphatic carbocycles. The Kier molecular flexibility index (Phi) is 5.02. The number of nitrogens with one attached hydrogen (secondary N) is 1. The highest BCUT2D eigenvalue weighted by atomic mass is 32.2. The predicted octanol–water partition coefficient (Wildman–Crippen LogP) is 1.47. The summed E-state index contributed by atoms with van der Waals surface area (Å²) in [7, 11) is 1.59. The molecule has 3 N–H and O–H groups in total. The van der Waals surface area contributed by atoms with Crippen molar-refractivity contribution in [1.29, 1.82) is 0 Å². The van der Waals surface area contributed by atoms with Crippen LogP contribution in [0, 0.1) is 0 Å². The Labute approximate surface area is 119 Å². The third-order valence-corrected chi connectivity index (χ3v) is 3.84. The molecular formula is C10H14N6OS2. The first-order valence-corrected chi connectivity index (χ1v) is 7.18. The fraction of sp³-hybridized carbons (Fsp3) is 0.400. The van der Waals surface area contributed by atoms with Crippen LogP contribution in [0.4, 0.5) is 5.82 Å². The molecule has 0 saturated heterocycles. The number of ether oxygens (including phenoxy) is 1. The zero-order valence-corrected chi connectivity index (χ0v) is 12.2. The number of rotatable bonds is 6. The predicted molar refractivity (Wildman–Crippen MR) is 74.0 cm³/mol. The van der Waals surface area contributed by atoms with Crippen molar-refractivity contribution in [2.45, 2.75) is 29.3 Å². The topological polar surface area (TPSA) is 98.8 Å². The van der Waals surface area contributed by atoms with E-state index >= 15 is 0 Å². The number of nitrogens with zero attached hydrogens (tertiary/aromatic N) is 4. The van der Waals surface area contributed by atoms with Gasteiger partial charge in [0.25, 0.3) is 0 Å². The van der Waals surface area contributed by atoms with Crippen LogP contribution in [0.2, 0.25) is 0 Å². The van der Waals surface area contributed by atoms with Crippen molar-refractivity contribution in [1.82, 2.24) is 19.3 Å². The number of aryl methyl sites for hydroxylation is 1. The summed E-state index contributed by atoms with van der Waals surface area (Å²) in [5.74, 6) is 7.35. The van der Waals surface area contributed by atoms with E-state index in [1.54, 1.807) is 13.2 Å². The minimum atomic E-state index is 0.333. The second-order valence-corrected chi connectivity index (χ2v) is 5.54. The molecule has 0 aliphatic heterocycles. The highest BCUT2D eigenvalue weighted by Gasteiger charge is 2.09. The van der Waals surface area contributed by atoms with Gasteiger partial charge >= 0.3 is 0 Å². The maximum atomic E-state index is 5.39. The first-order chi connectivity index (χ1) is 9.25. The summed E-state index contributed by atoms with van der Waals surface area (Å²) in [6, 6.07) is 1.76. The monoisotopic (exact) mass is 298 g/mol. The molecule has 2 heterocycles. The van der Waals surface area contributed by atoms with E-state index in [0.29, 0.717) is 18.2 Å². The van der Waals surface area contributed by atoms with Gasteiger partial charge in [-0.1, -0.05) is 6.92 Å². The second-order valence-electron chi connectivity index (χ2n) is 3.52. The fourth-order valence-electron chi connectivity index (χ4n) is 1.31. The van der Waals surface area contributed by atoms with Crippen LogP contribution in [0.25, 0.3) is 0 Å². The van der Waals surface area contributed by atoms with Gasteiger partial charge in [0.2, 0.25) is 0 Å². The van der Waals surface area contributed by atoms with E-state index in [-0.39, 0.29) is 0 Å². The molecule has 2 aromatic heterocycles. The summed E-state index contributed by atoms with van der Waals surface area (Å²) in [6.45, 7) is 2.35. The molecular weight excluding hydrogens is 284 g/mol. The molecule has 0 saturated carbocycles. The highest BCUT2D eigenvalue weighted by Crippen LogP contribution is 2.28. The van der Waals surface area contributed by atoms with Gasteiger partial charge in [-0.2, -0.15) is 4.37 Å². The largest absolute Gasteiger partial charge is 0.377 e. The van der Waals surface area contributed by atoms with Gasteiger partial charge in [-0.05, 0) is 23.3 Å². The van der Waals surface area contributed by atoms with Crippen LogP contribution in [0.5, 0.6) is 0 Å². The van der Waals surface area contributed by atoms with Crippen molar-refractivity contribution >= 4 is 29.1 Å². The molecule has 2 rings (SSSR count). The van der Waals surface area contributed by atoms with Crippen LogP contribution in [0.1, 0.15) is 18.6 Å². The number of aromatic nitrogens is 4. The lowest BCUT2D eigenvalue weighted by atomic mass is 10.5. The average molecular weight is 298 g/mol. The lowest BCUT2D eigenvalue weighted by molar-refractivity contribution is 0.177. The SMILES string of the molecule is CCc1nsc(Sc2cc(NN)nc(COC)n2)n1. The van der Waals surface area contributed by atoms with E-state index in [1.165, 1.54) is 23.3 Å². The lowest BCUT2D eigenvalue weighted by Gasteiger charge is -2.05. The van der Waals surface area contributed by atoms with E-state index in [0.717, 1.165) is 21.6 Å². The van der Waals surface area contributed by atoms with Gasteiger partial charge in [0, 0.05) is 19.6 Å². The maximum absolute atomic E-state index is 5.39. The van der Waals surface area contributed by atoms with Gasteiger partial charge in [0.15, 0.2) is 10.2 Å². The van der Waals surface area contributed by atoms with Gasteiger partial charge in [0.05, 0.1) is 0 Å². The standard InChI is InChI=1S/C10H14N6OS2/c1-3-6-14-10(19-16-6)18-9-4-7(15-11)12-8(13-9)5-17-2/h4H,3,5,11H2,1-2H3,(H,12,13,15). The highest BCUT2D eigenvalue weighted by molar-refractivity contribution is 8.00. The molecule has 0 bridgehead atoms. The number of nitrogens with two attached hydrogens (primary N) is 1. The van der Waals surface area contributed by atoms with Gasteiger partial charge in [-0.3, -0.25) is 0 Å². The molecule has 7 nitrogen and oxygen atoms in total. The smallest absolute Gasteiger partial charge is 0.176 e. The van der Waals surface area contributed by atoms with E-state index < -0.39 is 0 Å². The minimum absolute atomic E-state index is 0.333. The van der Waals surface area contributed by atoms with Crippen LogP contribution in [-0.4, -0.2) is 26.4 Å². The van der Waals surface area contributed by atoms with E-state index in [2.05, 4.69) is 24.8 Å². The number of hydrazine groups is 1. The van der Waals surface area contributed by atoms with E-state index in [9.17, 15) is 0 Å². The molecule has 0 radical (unpaired) electrons. The second kappa shape index (κ2) is 6.75. The van der Waals surface area contributed by atoms with Gasteiger partial charge in [-0.15, -0.1) is 0 Å². The molecule has 102 valence electrons. The normalized spacial score (nSPS) is 10.7. The Hall–Kier alpha value is -1.29. The number of hydrogen-bond donors (Lipinski definition) is 2. The molecule has 0 amide bonds. The molecule has 0 atom stereocenters. The number of methoxy groups -OCH3 is 1. The van der Waals surface area contributed by atoms with Crippen LogP contribution < -0.4 is 11.3 Å². The van der Waals surface area contributed by atoms with Crippen molar-refractivity contribution in [3.8, 4) is 0 Å². The van der Waals surface area contributed by atoms with E-state index in [4.69, 9.17) is 10.6 Å². The molecule has 0 aliphatic rings. The minimum Gasteiger partial charge on any atom is -0.377 e. The molecule has 0 spiro atoms. The zero-order chi connectivity index (χ0) is 13.7. The average Bonchev–Trinajstić information content (AvgIpc) is 2.86. The van der Waals surface area contributed by atoms with Crippen molar-refractivity contribution in [2.75, 3.05) is 12.5 Å². The molecule has 19 heavy (non-hydrogen) atoms. The zero-order valence-electron chi connectivity index (χ0n) is 10.6. The van der Waals surface area contributed by atoms with Gasteiger partial charge < -0.3 is 10.2 Å². The van der Waals surface area contributed by atoms with Crippen LogP contribution in [0.15, 0.2) is 15.4 Å². The molecule has 0 unspecified atom stereocenters. The summed E-state index contributed by atoms with van der Waals surface area (Å²) in [5, 5.41) is 0.758. The third-order valence-electron chi connectivity index (χ3n) is 2.13. The van der Waals surface area contributed by atoms with Gasteiger partial charge in [0.1, 0.15) is 23.3 Å². The molecule has 9 heteroatoms. The van der Waals surface area contributed by atoms with E-state index in [1.807, 2.05) is 6.92 Å². The Balaban J connectivity index is 2.20. The summed E-state index contributed by atoms with van der Waals surface area (Å²) < 4.78 is 10.1. The first-order valence-electron chi connectivity index (χ1n) is 5.59. The van der Waals surface area contributed by atoms with Crippen LogP contribution >= 0.6 is 23.3 Å². The van der Waals surface area contributed by atoms with Crippen molar-refractivity contribution in [3.05, 3.63) is 17.7 Å². The quantitative estimate of drug-likeness (QED) is 0.470. The molecule has 0 aromatic carbocycles. The molecule has 2 aromatic rings. The maximum Gasteiger partial charge on any atom is 0.176 e. The molecule has 0 fully saturated rings. The van der Waals surface area contributed by atoms with Crippen molar-refractivity contribution < 1.29 is 4.74 Å². The number of anilines is 1.